The van der Waals surface area contributed by atoms with E-state index in [9.17, 15) is 0 Å². The standard InChI is InChI=1S/C11H13NO2/c1-14-11-9-10(6-7-12-11)5-3-2-4-8-13/h6-7,9,13H,2,4,8H2,1H3. The summed E-state index contributed by atoms with van der Waals surface area (Å²) in [4.78, 5) is 3.97. The van der Waals surface area contributed by atoms with Gasteiger partial charge in [-0.15, -0.1) is 0 Å². The molecule has 3 heteroatoms. The number of hydrogen-bond donors (Lipinski definition) is 1. The number of ether oxygens (including phenoxy) is 1. The highest BCUT2D eigenvalue weighted by atomic mass is 16.5. The van der Waals surface area contributed by atoms with Crippen LogP contribution in [-0.4, -0.2) is 23.8 Å². The highest BCUT2D eigenvalue weighted by Gasteiger charge is 1.91. The minimum atomic E-state index is 0.189. The topological polar surface area (TPSA) is 42.4 Å². The summed E-state index contributed by atoms with van der Waals surface area (Å²) in [6.07, 6.45) is 3.09. The van der Waals surface area contributed by atoms with Crippen LogP contribution in [0.25, 0.3) is 0 Å². The monoisotopic (exact) mass is 191 g/mol. The van der Waals surface area contributed by atoms with Crippen LogP contribution in [0.4, 0.5) is 0 Å². The highest BCUT2D eigenvalue weighted by Crippen LogP contribution is 2.06. The van der Waals surface area contributed by atoms with Crippen LogP contribution in [0, 0.1) is 11.8 Å². The summed E-state index contributed by atoms with van der Waals surface area (Å²) in [7, 11) is 1.57. The van der Waals surface area contributed by atoms with Crippen LogP contribution < -0.4 is 4.74 Å². The number of aliphatic hydroxyl groups is 1. The number of pyridine rings is 1. The zero-order chi connectivity index (χ0) is 10.2. The first-order chi connectivity index (χ1) is 6.86. The summed E-state index contributed by atoms with van der Waals surface area (Å²) in [6, 6.07) is 3.61. The Balaban J connectivity index is 2.60. The molecule has 14 heavy (non-hydrogen) atoms. The molecule has 0 spiro atoms. The van der Waals surface area contributed by atoms with Gasteiger partial charge >= 0.3 is 0 Å². The molecule has 0 aliphatic heterocycles. The SMILES string of the molecule is COc1cc(C#CCCCO)ccn1. The smallest absolute Gasteiger partial charge is 0.214 e. The number of hydrogen-bond acceptors (Lipinski definition) is 3. The normalized spacial score (nSPS) is 9.00. The average molecular weight is 191 g/mol. The molecule has 1 aromatic rings. The van der Waals surface area contributed by atoms with Gasteiger partial charge in [-0.05, 0) is 12.5 Å². The Bertz CT molecular complexity index is 339. The average Bonchev–Trinajstić information content (AvgIpc) is 2.25. The van der Waals surface area contributed by atoms with Crippen molar-refractivity contribution in [2.75, 3.05) is 13.7 Å². The van der Waals surface area contributed by atoms with E-state index in [1.807, 2.05) is 6.07 Å². The Hall–Kier alpha value is -1.53. The molecule has 1 heterocycles. The lowest BCUT2D eigenvalue weighted by molar-refractivity contribution is 0.290. The quantitative estimate of drug-likeness (QED) is 0.577. The molecule has 0 atom stereocenters. The zero-order valence-electron chi connectivity index (χ0n) is 8.16. The van der Waals surface area contributed by atoms with Crippen molar-refractivity contribution in [1.29, 1.82) is 0 Å². The van der Waals surface area contributed by atoms with E-state index < -0.39 is 0 Å². The van der Waals surface area contributed by atoms with E-state index >= 15 is 0 Å². The van der Waals surface area contributed by atoms with E-state index in [0.29, 0.717) is 12.3 Å². The summed E-state index contributed by atoms with van der Waals surface area (Å²) in [5.74, 6) is 6.50. The van der Waals surface area contributed by atoms with Crippen molar-refractivity contribution in [2.45, 2.75) is 12.8 Å². The maximum Gasteiger partial charge on any atom is 0.214 e. The van der Waals surface area contributed by atoms with Gasteiger partial charge in [-0.2, -0.15) is 0 Å². The summed E-state index contributed by atoms with van der Waals surface area (Å²) in [5, 5.41) is 8.55. The molecule has 0 unspecified atom stereocenters. The Kier molecular flexibility index (Phi) is 4.53. The molecule has 74 valence electrons. The lowest BCUT2D eigenvalue weighted by Crippen LogP contribution is -1.87. The van der Waals surface area contributed by atoms with E-state index in [1.54, 1.807) is 19.4 Å². The van der Waals surface area contributed by atoms with Crippen molar-refractivity contribution in [2.24, 2.45) is 0 Å². The third-order valence-corrected chi connectivity index (χ3v) is 1.64. The van der Waals surface area contributed by atoms with E-state index in [4.69, 9.17) is 9.84 Å². The highest BCUT2D eigenvalue weighted by molar-refractivity contribution is 5.35. The maximum absolute atomic E-state index is 8.55. The van der Waals surface area contributed by atoms with E-state index in [0.717, 1.165) is 12.0 Å². The Labute approximate surface area is 83.7 Å². The minimum Gasteiger partial charge on any atom is -0.481 e. The van der Waals surface area contributed by atoms with Crippen molar-refractivity contribution >= 4 is 0 Å². The molecule has 1 aromatic heterocycles. The molecule has 1 N–H and O–H groups in total. The van der Waals surface area contributed by atoms with E-state index in [1.165, 1.54) is 0 Å². The second kappa shape index (κ2) is 6.01. The fourth-order valence-electron chi connectivity index (χ4n) is 0.931. The first-order valence-corrected chi connectivity index (χ1v) is 4.46. The summed E-state index contributed by atoms with van der Waals surface area (Å²) in [5.41, 5.74) is 0.884. The van der Waals surface area contributed by atoms with Crippen LogP contribution in [0.3, 0.4) is 0 Å². The van der Waals surface area contributed by atoms with Gasteiger partial charge in [0.05, 0.1) is 7.11 Å². The largest absolute Gasteiger partial charge is 0.481 e. The second-order valence-electron chi connectivity index (χ2n) is 2.72. The first kappa shape index (κ1) is 10.6. The van der Waals surface area contributed by atoms with Crippen molar-refractivity contribution in [3.63, 3.8) is 0 Å². The molecular weight excluding hydrogens is 178 g/mol. The Morgan fingerprint density at radius 3 is 3.14 bits per heavy atom. The Morgan fingerprint density at radius 1 is 1.57 bits per heavy atom. The number of rotatable bonds is 3. The molecule has 0 amide bonds. The summed E-state index contributed by atoms with van der Waals surface area (Å²) in [6.45, 7) is 0.189. The van der Waals surface area contributed by atoms with Gasteiger partial charge in [-0.1, -0.05) is 11.8 Å². The molecular formula is C11H13NO2. The van der Waals surface area contributed by atoms with Gasteiger partial charge in [0.1, 0.15) is 0 Å². The van der Waals surface area contributed by atoms with Gasteiger partial charge < -0.3 is 9.84 Å². The fraction of sp³-hybridized carbons (Fsp3) is 0.364. The second-order valence-corrected chi connectivity index (χ2v) is 2.72. The van der Waals surface area contributed by atoms with E-state index in [2.05, 4.69) is 16.8 Å². The number of unbranched alkanes of at least 4 members (excludes halogenated alkanes) is 1. The van der Waals surface area contributed by atoms with E-state index in [-0.39, 0.29) is 6.61 Å². The fourth-order valence-corrected chi connectivity index (χ4v) is 0.931. The van der Waals surface area contributed by atoms with Crippen LogP contribution in [0.2, 0.25) is 0 Å². The van der Waals surface area contributed by atoms with Crippen molar-refractivity contribution in [3.8, 4) is 17.7 Å². The van der Waals surface area contributed by atoms with Gasteiger partial charge in [-0.25, -0.2) is 4.98 Å². The molecule has 0 radical (unpaired) electrons. The van der Waals surface area contributed by atoms with Gasteiger partial charge in [0.25, 0.3) is 0 Å². The maximum atomic E-state index is 8.55. The van der Waals surface area contributed by atoms with Gasteiger partial charge in [-0.3, -0.25) is 0 Å². The molecule has 0 saturated carbocycles. The molecule has 0 aliphatic carbocycles. The van der Waals surface area contributed by atoms with Crippen LogP contribution in [0.5, 0.6) is 5.88 Å². The predicted octanol–water partition coefficient (Wildman–Crippen LogP) is 1.21. The van der Waals surface area contributed by atoms with Crippen LogP contribution in [0.1, 0.15) is 18.4 Å². The molecule has 0 aromatic carbocycles. The molecule has 0 fully saturated rings. The van der Waals surface area contributed by atoms with Crippen molar-refractivity contribution in [3.05, 3.63) is 23.9 Å². The van der Waals surface area contributed by atoms with Gasteiger partial charge in [0, 0.05) is 30.9 Å². The van der Waals surface area contributed by atoms with Crippen molar-refractivity contribution < 1.29 is 9.84 Å². The predicted molar refractivity (Wildman–Crippen MR) is 54.0 cm³/mol. The summed E-state index contributed by atoms with van der Waals surface area (Å²) < 4.78 is 4.96. The molecule has 0 aliphatic rings. The van der Waals surface area contributed by atoms with Gasteiger partial charge in [0.15, 0.2) is 0 Å². The van der Waals surface area contributed by atoms with Crippen molar-refractivity contribution in [1.82, 2.24) is 4.98 Å². The molecule has 0 bridgehead atoms. The molecule has 1 rings (SSSR count). The summed E-state index contributed by atoms with van der Waals surface area (Å²) >= 11 is 0. The third kappa shape index (κ3) is 3.46. The Morgan fingerprint density at radius 2 is 2.43 bits per heavy atom. The first-order valence-electron chi connectivity index (χ1n) is 4.46. The minimum absolute atomic E-state index is 0.189. The number of methoxy groups -OCH3 is 1. The number of aliphatic hydroxyl groups excluding tert-OH is 1. The van der Waals surface area contributed by atoms with Crippen LogP contribution >= 0.6 is 0 Å². The lowest BCUT2D eigenvalue weighted by atomic mass is 10.2. The van der Waals surface area contributed by atoms with Crippen LogP contribution in [-0.2, 0) is 0 Å². The molecule has 3 nitrogen and oxygen atoms in total. The third-order valence-electron chi connectivity index (χ3n) is 1.64. The zero-order valence-corrected chi connectivity index (χ0v) is 8.16. The number of nitrogens with zero attached hydrogens (tertiary/aromatic N) is 1. The lowest BCUT2D eigenvalue weighted by Gasteiger charge is -1.96. The van der Waals surface area contributed by atoms with Crippen LogP contribution in [0.15, 0.2) is 18.3 Å². The number of aromatic nitrogens is 1. The van der Waals surface area contributed by atoms with Gasteiger partial charge in [0.2, 0.25) is 5.88 Å². The molecule has 0 saturated heterocycles.